The lowest BCUT2D eigenvalue weighted by atomic mass is 10.1. The lowest BCUT2D eigenvalue weighted by Crippen LogP contribution is -1.89. The molecule has 1 aliphatic rings. The molecule has 0 unspecified atom stereocenters. The van der Waals surface area contributed by atoms with Crippen molar-refractivity contribution in [2.24, 2.45) is 0 Å². The van der Waals surface area contributed by atoms with Crippen LogP contribution in [0.25, 0.3) is 0 Å². The van der Waals surface area contributed by atoms with Crippen molar-refractivity contribution in [3.63, 3.8) is 0 Å². The third-order valence-electron chi connectivity index (χ3n) is 1.53. The van der Waals surface area contributed by atoms with Crippen LogP contribution in [-0.2, 0) is 11.1 Å². The minimum atomic E-state index is 0.784. The first kappa shape index (κ1) is 6.84. The Morgan fingerprint density at radius 1 is 1.27 bits per heavy atom. The van der Waals surface area contributed by atoms with Crippen LogP contribution in [0.1, 0.15) is 5.56 Å². The van der Waals surface area contributed by atoms with Crippen LogP contribution in [0.15, 0.2) is 24.3 Å². The molecule has 0 amide bonds. The molecule has 0 aromatic heterocycles. The molecular formula is C8H7O2P. The maximum Gasteiger partial charge on any atom is 0.169 e. The average molecular weight is 166 g/mol. The Kier molecular flexibility index (Phi) is 1.89. The molecule has 0 saturated heterocycles. The monoisotopic (exact) mass is 166 g/mol. The zero-order valence-electron chi connectivity index (χ0n) is 5.86. The normalized spacial score (nSPS) is 16.4. The van der Waals surface area contributed by atoms with Crippen LogP contribution in [0.5, 0.6) is 5.75 Å². The molecule has 0 spiro atoms. The largest absolute Gasteiger partial charge is 0.328 e. The van der Waals surface area contributed by atoms with Gasteiger partial charge in [0.1, 0.15) is 8.43 Å². The van der Waals surface area contributed by atoms with Gasteiger partial charge < -0.3 is 4.89 Å². The zero-order valence-corrected chi connectivity index (χ0v) is 6.75. The molecule has 56 valence electrons. The van der Waals surface area contributed by atoms with E-state index in [0.29, 0.717) is 0 Å². The third kappa shape index (κ3) is 1.42. The Balaban J connectivity index is 2.40. The molecule has 0 bridgehead atoms. The molecule has 11 heavy (non-hydrogen) atoms. The molecule has 1 aromatic carbocycles. The van der Waals surface area contributed by atoms with Gasteiger partial charge in [-0.1, -0.05) is 18.2 Å². The van der Waals surface area contributed by atoms with E-state index in [0.717, 1.165) is 20.6 Å². The fraction of sp³-hybridized carbons (Fsp3) is 0.125. The molecule has 0 N–H and O–H groups in total. The van der Waals surface area contributed by atoms with Crippen LogP contribution in [-0.4, -0.2) is 5.80 Å². The summed E-state index contributed by atoms with van der Waals surface area (Å²) in [4.78, 5) is 5.00. The minimum absolute atomic E-state index is 0.784. The molecule has 1 aliphatic heterocycles. The maximum absolute atomic E-state index is 5.00. The fourth-order valence-corrected chi connectivity index (χ4v) is 1.44. The lowest BCUT2D eigenvalue weighted by Gasteiger charge is -2.01. The number of hydrogen-bond donors (Lipinski definition) is 0. The van der Waals surface area contributed by atoms with E-state index in [1.165, 1.54) is 5.56 Å². The molecule has 0 saturated carbocycles. The molecule has 2 rings (SSSR count). The average Bonchev–Trinajstić information content (AvgIpc) is 2.28. The Morgan fingerprint density at radius 2 is 2.18 bits per heavy atom. The van der Waals surface area contributed by atoms with Gasteiger partial charge in [-0.05, 0) is 11.9 Å². The summed E-state index contributed by atoms with van der Waals surface area (Å²) in [6.07, 6.45) is 0.914. The summed E-state index contributed by atoms with van der Waals surface area (Å²) in [7, 11) is 0.784. The van der Waals surface area contributed by atoms with Gasteiger partial charge in [0.15, 0.2) is 5.75 Å². The van der Waals surface area contributed by atoms with Crippen LogP contribution in [0.3, 0.4) is 0 Å². The van der Waals surface area contributed by atoms with Crippen molar-refractivity contribution in [3.05, 3.63) is 29.8 Å². The van der Waals surface area contributed by atoms with Gasteiger partial charge in [0.2, 0.25) is 0 Å². The minimum Gasteiger partial charge on any atom is -0.328 e. The van der Waals surface area contributed by atoms with Crippen molar-refractivity contribution < 1.29 is 9.56 Å². The molecule has 0 radical (unpaired) electrons. The predicted molar refractivity (Wildman–Crippen MR) is 44.8 cm³/mol. The highest BCUT2D eigenvalue weighted by atomic mass is 31.1. The number of fused-ring (bicyclic) bond motifs is 1. The second kappa shape index (κ2) is 3.04. The molecular weight excluding hydrogens is 159 g/mol. The first-order valence-corrected chi connectivity index (χ1v) is 4.28. The van der Waals surface area contributed by atoms with Gasteiger partial charge in [-0.3, -0.25) is 0 Å². The van der Waals surface area contributed by atoms with Crippen molar-refractivity contribution >= 4 is 14.2 Å². The quantitative estimate of drug-likeness (QED) is 0.434. The van der Waals surface area contributed by atoms with Crippen molar-refractivity contribution in [2.45, 2.75) is 6.42 Å². The second-order valence-electron chi connectivity index (χ2n) is 2.26. The van der Waals surface area contributed by atoms with Crippen LogP contribution in [0.4, 0.5) is 0 Å². The highest BCUT2D eigenvalue weighted by Crippen LogP contribution is 2.22. The van der Waals surface area contributed by atoms with E-state index in [2.05, 4.69) is 0 Å². The summed E-state index contributed by atoms with van der Waals surface area (Å²) in [5.41, 5.74) is 1.18. The standard InChI is InChI=1S/C8H7O2P/c1-2-4-8-7(3-1)5-6-11-10-9-8/h1-4,6H,5H2. The Bertz CT molecular complexity index is 283. The smallest absolute Gasteiger partial charge is 0.169 e. The number of hydrogen-bond acceptors (Lipinski definition) is 2. The molecule has 3 heteroatoms. The summed E-state index contributed by atoms with van der Waals surface area (Å²) in [6.45, 7) is 0. The zero-order chi connectivity index (χ0) is 7.52. The van der Waals surface area contributed by atoms with E-state index in [9.17, 15) is 0 Å². The summed E-state index contributed by atoms with van der Waals surface area (Å²) in [5, 5.41) is 0. The number of benzene rings is 1. The van der Waals surface area contributed by atoms with Gasteiger partial charge in [-0.25, -0.2) is 0 Å². The first-order chi connectivity index (χ1) is 5.47. The van der Waals surface area contributed by atoms with Crippen LogP contribution in [0, 0.1) is 0 Å². The summed E-state index contributed by atoms with van der Waals surface area (Å²) in [6, 6.07) is 7.88. The van der Waals surface area contributed by atoms with Crippen molar-refractivity contribution in [3.8, 4) is 5.75 Å². The van der Waals surface area contributed by atoms with Crippen LogP contribution < -0.4 is 4.89 Å². The van der Waals surface area contributed by atoms with Crippen molar-refractivity contribution in [2.75, 3.05) is 0 Å². The molecule has 1 heterocycles. The lowest BCUT2D eigenvalue weighted by molar-refractivity contribution is -0.0810. The highest BCUT2D eigenvalue weighted by Gasteiger charge is 2.04. The van der Waals surface area contributed by atoms with Gasteiger partial charge >= 0.3 is 0 Å². The van der Waals surface area contributed by atoms with Crippen molar-refractivity contribution in [1.82, 2.24) is 0 Å². The van der Waals surface area contributed by atoms with Crippen LogP contribution >= 0.6 is 8.43 Å². The fourth-order valence-electron chi connectivity index (χ4n) is 0.981. The van der Waals surface area contributed by atoms with Crippen molar-refractivity contribution in [1.29, 1.82) is 0 Å². The second-order valence-corrected chi connectivity index (χ2v) is 2.98. The third-order valence-corrected chi connectivity index (χ3v) is 2.02. The van der Waals surface area contributed by atoms with Crippen LogP contribution in [0.2, 0.25) is 0 Å². The van der Waals surface area contributed by atoms with E-state index in [1.807, 2.05) is 30.1 Å². The maximum atomic E-state index is 5.00. The molecule has 0 atom stereocenters. The van der Waals surface area contributed by atoms with E-state index < -0.39 is 0 Å². The predicted octanol–water partition coefficient (Wildman–Crippen LogP) is 2.22. The highest BCUT2D eigenvalue weighted by molar-refractivity contribution is 7.32. The van der Waals surface area contributed by atoms with Gasteiger partial charge in [0.05, 0.1) is 0 Å². The topological polar surface area (TPSA) is 18.5 Å². The summed E-state index contributed by atoms with van der Waals surface area (Å²) >= 11 is 0. The Labute approximate surface area is 66.6 Å². The van der Waals surface area contributed by atoms with E-state index in [-0.39, 0.29) is 0 Å². The molecule has 0 fully saturated rings. The van der Waals surface area contributed by atoms with Gasteiger partial charge in [-0.15, -0.1) is 4.67 Å². The number of para-hydroxylation sites is 1. The van der Waals surface area contributed by atoms with E-state index in [4.69, 9.17) is 9.56 Å². The molecule has 2 nitrogen and oxygen atoms in total. The van der Waals surface area contributed by atoms with E-state index in [1.54, 1.807) is 0 Å². The molecule has 1 aromatic rings. The Hall–Kier alpha value is -0.850. The SMILES string of the molecule is C1=POOc2ccccc2C1. The van der Waals surface area contributed by atoms with Gasteiger partial charge in [0.25, 0.3) is 0 Å². The number of rotatable bonds is 0. The van der Waals surface area contributed by atoms with E-state index >= 15 is 0 Å². The first-order valence-electron chi connectivity index (χ1n) is 3.40. The van der Waals surface area contributed by atoms with Gasteiger partial charge in [0, 0.05) is 12.0 Å². The summed E-state index contributed by atoms with van der Waals surface area (Å²) < 4.78 is 4.84. The molecule has 0 aliphatic carbocycles. The van der Waals surface area contributed by atoms with Gasteiger partial charge in [-0.2, -0.15) is 0 Å². The summed E-state index contributed by atoms with van der Waals surface area (Å²) in [5.74, 6) is 2.85. The Morgan fingerprint density at radius 3 is 3.18 bits per heavy atom.